The topological polar surface area (TPSA) is 12.0 Å². The number of nitrogens with one attached hydrogen (secondary N) is 1. The molecule has 1 atom stereocenters. The van der Waals surface area contributed by atoms with Gasteiger partial charge in [0, 0.05) is 15.1 Å². The van der Waals surface area contributed by atoms with Crippen LogP contribution in [0.2, 0.25) is 0 Å². The largest absolute Gasteiger partial charge is 0.303 e. The lowest BCUT2D eigenvalue weighted by atomic mass is 10.3. The first-order valence-electron chi connectivity index (χ1n) is 5.34. The number of hydrogen-bond donors (Lipinski definition) is 1. The quantitative estimate of drug-likeness (QED) is 0.637. The van der Waals surface area contributed by atoms with Crippen molar-refractivity contribution in [2.24, 2.45) is 0 Å². The smallest absolute Gasteiger partial charge is 0.0782 e. The van der Waals surface area contributed by atoms with Crippen molar-refractivity contribution in [3.05, 3.63) is 28.7 Å². The van der Waals surface area contributed by atoms with E-state index in [1.807, 2.05) is 12.1 Å². The standard InChI is InChI=1S/C13H16BrNS/c1-3-8-15-12(4-2)10-16-13-7-5-6-11(14)9-13/h2,5-7,9,12,15H,3,8,10H2,1H3. The minimum atomic E-state index is 0.156. The van der Waals surface area contributed by atoms with Gasteiger partial charge in [-0.15, -0.1) is 18.2 Å². The summed E-state index contributed by atoms with van der Waals surface area (Å²) in [7, 11) is 0. The molecule has 1 rings (SSSR count). The summed E-state index contributed by atoms with van der Waals surface area (Å²) in [6.07, 6.45) is 6.58. The van der Waals surface area contributed by atoms with E-state index in [1.54, 1.807) is 11.8 Å². The Morgan fingerprint density at radius 1 is 1.56 bits per heavy atom. The van der Waals surface area contributed by atoms with E-state index in [9.17, 15) is 0 Å². The molecule has 0 aliphatic carbocycles. The molecule has 0 fully saturated rings. The number of hydrogen-bond acceptors (Lipinski definition) is 2. The highest BCUT2D eigenvalue weighted by Gasteiger charge is 2.04. The van der Waals surface area contributed by atoms with E-state index in [1.165, 1.54) is 4.90 Å². The molecule has 0 bridgehead atoms. The molecule has 0 aliphatic heterocycles. The van der Waals surface area contributed by atoms with E-state index in [0.717, 1.165) is 23.2 Å². The molecule has 0 radical (unpaired) electrons. The van der Waals surface area contributed by atoms with Crippen molar-refractivity contribution in [1.29, 1.82) is 0 Å². The number of rotatable bonds is 6. The lowest BCUT2D eigenvalue weighted by molar-refractivity contribution is 0.642. The number of thioether (sulfide) groups is 1. The van der Waals surface area contributed by atoms with Crippen molar-refractivity contribution >= 4 is 27.7 Å². The molecule has 86 valence electrons. The molecule has 1 nitrogen and oxygen atoms in total. The highest BCUT2D eigenvalue weighted by Crippen LogP contribution is 2.22. The van der Waals surface area contributed by atoms with Crippen LogP contribution in [0.3, 0.4) is 0 Å². The van der Waals surface area contributed by atoms with Crippen molar-refractivity contribution in [2.75, 3.05) is 12.3 Å². The molecule has 0 saturated carbocycles. The second-order valence-electron chi connectivity index (χ2n) is 3.44. The molecule has 0 aromatic heterocycles. The van der Waals surface area contributed by atoms with Crippen LogP contribution in [0, 0.1) is 12.3 Å². The summed E-state index contributed by atoms with van der Waals surface area (Å²) in [4.78, 5) is 1.24. The Hall–Kier alpha value is -0.430. The predicted molar refractivity (Wildman–Crippen MR) is 75.8 cm³/mol. The van der Waals surface area contributed by atoms with Crippen LogP contribution in [-0.2, 0) is 0 Å². The maximum Gasteiger partial charge on any atom is 0.0782 e. The zero-order chi connectivity index (χ0) is 11.8. The molecule has 0 aliphatic rings. The molecule has 1 N–H and O–H groups in total. The van der Waals surface area contributed by atoms with Gasteiger partial charge in [0.15, 0.2) is 0 Å². The fraction of sp³-hybridized carbons (Fsp3) is 0.385. The maximum atomic E-state index is 5.47. The summed E-state index contributed by atoms with van der Waals surface area (Å²) >= 11 is 5.24. The lowest BCUT2D eigenvalue weighted by Gasteiger charge is -2.11. The monoisotopic (exact) mass is 297 g/mol. The van der Waals surface area contributed by atoms with Gasteiger partial charge in [0.1, 0.15) is 0 Å². The highest BCUT2D eigenvalue weighted by atomic mass is 79.9. The van der Waals surface area contributed by atoms with Crippen LogP contribution >= 0.6 is 27.7 Å². The Kier molecular flexibility index (Phi) is 6.63. The van der Waals surface area contributed by atoms with Crippen LogP contribution < -0.4 is 5.32 Å². The van der Waals surface area contributed by atoms with E-state index in [4.69, 9.17) is 6.42 Å². The van der Waals surface area contributed by atoms with Gasteiger partial charge in [-0.1, -0.05) is 34.8 Å². The molecule has 0 saturated heterocycles. The third kappa shape index (κ3) is 5.07. The van der Waals surface area contributed by atoms with E-state index in [2.05, 4.69) is 46.2 Å². The van der Waals surface area contributed by atoms with Crippen LogP contribution in [0.1, 0.15) is 13.3 Å². The Bertz CT molecular complexity index is 359. The van der Waals surface area contributed by atoms with Crippen LogP contribution in [0.4, 0.5) is 0 Å². The summed E-state index contributed by atoms with van der Waals surface area (Å²) < 4.78 is 1.11. The van der Waals surface area contributed by atoms with Gasteiger partial charge < -0.3 is 5.32 Å². The average Bonchev–Trinajstić information content (AvgIpc) is 2.29. The normalized spacial score (nSPS) is 12.1. The Labute approximate surface area is 111 Å². The molecular formula is C13H16BrNS. The molecular weight excluding hydrogens is 282 g/mol. The predicted octanol–water partition coefficient (Wildman–Crippen LogP) is 3.54. The van der Waals surface area contributed by atoms with Crippen LogP contribution in [-0.4, -0.2) is 18.3 Å². The first kappa shape index (κ1) is 13.6. The van der Waals surface area contributed by atoms with Crippen molar-refractivity contribution in [2.45, 2.75) is 24.3 Å². The van der Waals surface area contributed by atoms with Crippen LogP contribution in [0.25, 0.3) is 0 Å². The summed E-state index contributed by atoms with van der Waals surface area (Å²) in [5, 5.41) is 3.34. The van der Waals surface area contributed by atoms with E-state index < -0.39 is 0 Å². The Balaban J connectivity index is 2.41. The molecule has 1 aromatic rings. The Morgan fingerprint density at radius 2 is 2.38 bits per heavy atom. The van der Waals surface area contributed by atoms with Gasteiger partial charge in [-0.3, -0.25) is 0 Å². The van der Waals surface area contributed by atoms with Crippen LogP contribution in [0.15, 0.2) is 33.6 Å². The van der Waals surface area contributed by atoms with E-state index in [0.29, 0.717) is 0 Å². The van der Waals surface area contributed by atoms with Crippen molar-refractivity contribution < 1.29 is 0 Å². The van der Waals surface area contributed by atoms with Gasteiger partial charge in [-0.2, -0.15) is 0 Å². The van der Waals surface area contributed by atoms with E-state index in [-0.39, 0.29) is 6.04 Å². The van der Waals surface area contributed by atoms with Crippen LogP contribution in [0.5, 0.6) is 0 Å². The zero-order valence-electron chi connectivity index (χ0n) is 9.37. The molecule has 0 spiro atoms. The van der Waals surface area contributed by atoms with Gasteiger partial charge in [-0.05, 0) is 31.2 Å². The number of terminal acetylenes is 1. The van der Waals surface area contributed by atoms with Gasteiger partial charge in [0.2, 0.25) is 0 Å². The fourth-order valence-electron chi connectivity index (χ4n) is 1.22. The average molecular weight is 298 g/mol. The van der Waals surface area contributed by atoms with Gasteiger partial charge in [0.25, 0.3) is 0 Å². The van der Waals surface area contributed by atoms with Crippen molar-refractivity contribution in [3.63, 3.8) is 0 Å². The molecule has 1 aromatic carbocycles. The third-order valence-electron chi connectivity index (χ3n) is 2.05. The Morgan fingerprint density at radius 3 is 3.00 bits per heavy atom. The van der Waals surface area contributed by atoms with Crippen molar-refractivity contribution in [3.8, 4) is 12.3 Å². The minimum absolute atomic E-state index is 0.156. The number of halogens is 1. The van der Waals surface area contributed by atoms with Gasteiger partial charge >= 0.3 is 0 Å². The van der Waals surface area contributed by atoms with Crippen molar-refractivity contribution in [1.82, 2.24) is 5.32 Å². The second kappa shape index (κ2) is 7.78. The summed E-state index contributed by atoms with van der Waals surface area (Å²) in [6.45, 7) is 3.12. The highest BCUT2D eigenvalue weighted by molar-refractivity contribution is 9.10. The maximum absolute atomic E-state index is 5.47. The SMILES string of the molecule is C#CC(CSc1cccc(Br)c1)NCCC. The van der Waals surface area contributed by atoms with Gasteiger partial charge in [0.05, 0.1) is 6.04 Å². The molecule has 1 unspecified atom stereocenters. The van der Waals surface area contributed by atoms with E-state index >= 15 is 0 Å². The molecule has 3 heteroatoms. The summed E-state index contributed by atoms with van der Waals surface area (Å²) in [6, 6.07) is 8.43. The summed E-state index contributed by atoms with van der Waals surface area (Å²) in [5.41, 5.74) is 0. The molecule has 0 amide bonds. The molecule has 16 heavy (non-hydrogen) atoms. The number of benzene rings is 1. The fourth-order valence-corrected chi connectivity index (χ4v) is 2.73. The minimum Gasteiger partial charge on any atom is -0.303 e. The second-order valence-corrected chi connectivity index (χ2v) is 5.45. The molecule has 0 heterocycles. The first-order valence-corrected chi connectivity index (χ1v) is 7.12. The third-order valence-corrected chi connectivity index (χ3v) is 3.64. The summed E-state index contributed by atoms with van der Waals surface area (Å²) in [5.74, 6) is 3.69. The zero-order valence-corrected chi connectivity index (χ0v) is 11.8. The lowest BCUT2D eigenvalue weighted by Crippen LogP contribution is -2.30. The van der Waals surface area contributed by atoms with Gasteiger partial charge in [-0.25, -0.2) is 0 Å². The first-order chi connectivity index (χ1) is 7.76.